The van der Waals surface area contributed by atoms with Crippen LogP contribution < -0.4 is 4.90 Å². The summed E-state index contributed by atoms with van der Waals surface area (Å²) < 4.78 is 0. The molecular formula is C13H21N3. The van der Waals surface area contributed by atoms with Gasteiger partial charge in [0.2, 0.25) is 5.95 Å². The second kappa shape index (κ2) is 5.28. The fourth-order valence-electron chi connectivity index (χ4n) is 2.38. The van der Waals surface area contributed by atoms with Gasteiger partial charge in [-0.05, 0) is 31.2 Å². The van der Waals surface area contributed by atoms with E-state index in [0.29, 0.717) is 0 Å². The van der Waals surface area contributed by atoms with E-state index in [1.54, 1.807) is 0 Å². The van der Waals surface area contributed by atoms with Crippen LogP contribution in [0.15, 0.2) is 12.4 Å². The fraction of sp³-hybridized carbons (Fsp3) is 0.692. The van der Waals surface area contributed by atoms with Crippen LogP contribution in [0.3, 0.4) is 0 Å². The molecule has 1 aliphatic heterocycles. The Morgan fingerprint density at radius 3 is 2.44 bits per heavy atom. The third-order valence-corrected chi connectivity index (χ3v) is 3.36. The lowest BCUT2D eigenvalue weighted by molar-refractivity contribution is 0.376. The summed E-state index contributed by atoms with van der Waals surface area (Å²) in [6.45, 7) is 6.54. The average Bonchev–Trinajstić information content (AvgIpc) is 2.32. The van der Waals surface area contributed by atoms with Gasteiger partial charge in [-0.2, -0.15) is 0 Å². The van der Waals surface area contributed by atoms with Crippen molar-refractivity contribution in [2.24, 2.45) is 5.92 Å². The highest BCUT2D eigenvalue weighted by atomic mass is 15.2. The average molecular weight is 219 g/mol. The Bertz CT molecular complexity index is 312. The van der Waals surface area contributed by atoms with E-state index in [1.165, 1.54) is 25.7 Å². The third kappa shape index (κ3) is 2.71. The van der Waals surface area contributed by atoms with E-state index in [4.69, 9.17) is 0 Å². The first-order valence-corrected chi connectivity index (χ1v) is 6.33. The van der Waals surface area contributed by atoms with Gasteiger partial charge in [0.05, 0.1) is 0 Å². The van der Waals surface area contributed by atoms with E-state index in [0.717, 1.165) is 30.5 Å². The van der Waals surface area contributed by atoms with Crippen molar-refractivity contribution in [3.63, 3.8) is 0 Å². The van der Waals surface area contributed by atoms with Crippen LogP contribution in [0.2, 0.25) is 0 Å². The summed E-state index contributed by atoms with van der Waals surface area (Å²) in [4.78, 5) is 11.1. The summed E-state index contributed by atoms with van der Waals surface area (Å²) in [5.41, 5.74) is 1.13. The van der Waals surface area contributed by atoms with E-state index in [-0.39, 0.29) is 0 Å². The zero-order valence-corrected chi connectivity index (χ0v) is 10.3. The summed E-state index contributed by atoms with van der Waals surface area (Å²) in [5.74, 6) is 1.83. The molecule has 0 aromatic carbocycles. The van der Waals surface area contributed by atoms with Gasteiger partial charge < -0.3 is 4.90 Å². The van der Waals surface area contributed by atoms with Crippen LogP contribution in [0.4, 0.5) is 5.95 Å². The van der Waals surface area contributed by atoms with Gasteiger partial charge in [0, 0.05) is 25.5 Å². The van der Waals surface area contributed by atoms with Crippen molar-refractivity contribution < 1.29 is 0 Å². The summed E-state index contributed by atoms with van der Waals surface area (Å²) in [7, 11) is 0. The molecule has 88 valence electrons. The molecule has 3 nitrogen and oxygen atoms in total. The maximum atomic E-state index is 4.39. The number of aromatic nitrogens is 2. The Morgan fingerprint density at radius 1 is 1.25 bits per heavy atom. The second-order valence-electron chi connectivity index (χ2n) is 4.78. The lowest BCUT2D eigenvalue weighted by atomic mass is 9.93. The molecule has 2 heterocycles. The number of nitrogens with zero attached hydrogens (tertiary/aromatic N) is 3. The first-order chi connectivity index (χ1) is 7.79. The van der Waals surface area contributed by atoms with E-state index in [2.05, 4.69) is 21.8 Å². The first kappa shape index (κ1) is 11.4. The van der Waals surface area contributed by atoms with Crippen LogP contribution >= 0.6 is 0 Å². The van der Waals surface area contributed by atoms with E-state index in [1.807, 2.05) is 19.3 Å². The molecule has 1 saturated heterocycles. The Hall–Kier alpha value is -1.12. The fourth-order valence-corrected chi connectivity index (χ4v) is 2.38. The molecule has 0 saturated carbocycles. The highest BCUT2D eigenvalue weighted by Gasteiger charge is 2.19. The highest BCUT2D eigenvalue weighted by molar-refractivity contribution is 5.30. The van der Waals surface area contributed by atoms with Gasteiger partial charge in [0.1, 0.15) is 0 Å². The Labute approximate surface area is 97.9 Å². The molecule has 0 unspecified atom stereocenters. The molecule has 0 bridgehead atoms. The molecule has 0 aliphatic carbocycles. The predicted octanol–water partition coefficient (Wildman–Crippen LogP) is 2.80. The predicted molar refractivity (Wildman–Crippen MR) is 66.6 cm³/mol. The molecule has 0 spiro atoms. The molecule has 3 heteroatoms. The molecule has 1 aromatic rings. The molecule has 1 fully saturated rings. The minimum Gasteiger partial charge on any atom is -0.341 e. The summed E-state index contributed by atoms with van der Waals surface area (Å²) in [6.07, 6.45) is 9.09. The molecule has 0 amide bonds. The monoisotopic (exact) mass is 219 g/mol. The van der Waals surface area contributed by atoms with Crippen molar-refractivity contribution in [2.45, 2.75) is 39.5 Å². The molecule has 0 atom stereocenters. The highest BCUT2D eigenvalue weighted by Crippen LogP contribution is 2.23. The summed E-state index contributed by atoms with van der Waals surface area (Å²) in [5, 5.41) is 0. The van der Waals surface area contributed by atoms with E-state index < -0.39 is 0 Å². The molecule has 16 heavy (non-hydrogen) atoms. The van der Waals surface area contributed by atoms with Crippen LogP contribution in [-0.4, -0.2) is 23.1 Å². The maximum Gasteiger partial charge on any atom is 0.225 e. The number of aryl methyl sites for hydroxylation is 1. The van der Waals surface area contributed by atoms with Gasteiger partial charge in [-0.15, -0.1) is 0 Å². The van der Waals surface area contributed by atoms with Crippen molar-refractivity contribution >= 4 is 5.95 Å². The number of hydrogen-bond acceptors (Lipinski definition) is 3. The second-order valence-corrected chi connectivity index (χ2v) is 4.78. The minimum atomic E-state index is 0.903. The van der Waals surface area contributed by atoms with Crippen molar-refractivity contribution in [2.75, 3.05) is 18.0 Å². The van der Waals surface area contributed by atoms with E-state index in [9.17, 15) is 0 Å². The third-order valence-electron chi connectivity index (χ3n) is 3.36. The van der Waals surface area contributed by atoms with Gasteiger partial charge in [0.25, 0.3) is 0 Å². The standard InChI is InChI=1S/C13H21N3/c1-3-4-12-5-7-16(8-6-12)13-14-9-11(2)10-15-13/h9-10,12H,3-8H2,1-2H3. The van der Waals surface area contributed by atoms with Crippen LogP contribution in [0.5, 0.6) is 0 Å². The van der Waals surface area contributed by atoms with Gasteiger partial charge >= 0.3 is 0 Å². The van der Waals surface area contributed by atoms with Crippen molar-refractivity contribution in [3.8, 4) is 0 Å². The zero-order chi connectivity index (χ0) is 11.4. The lowest BCUT2D eigenvalue weighted by Crippen LogP contribution is -2.34. The topological polar surface area (TPSA) is 29.0 Å². The van der Waals surface area contributed by atoms with Gasteiger partial charge in [-0.3, -0.25) is 0 Å². The normalized spacial score (nSPS) is 17.8. The first-order valence-electron chi connectivity index (χ1n) is 6.33. The quantitative estimate of drug-likeness (QED) is 0.782. The van der Waals surface area contributed by atoms with Gasteiger partial charge in [-0.25, -0.2) is 9.97 Å². The SMILES string of the molecule is CCCC1CCN(c2ncc(C)cn2)CC1. The van der Waals surface area contributed by atoms with Crippen LogP contribution in [0, 0.1) is 12.8 Å². The molecule has 1 aromatic heterocycles. The summed E-state index contributed by atoms with van der Waals surface area (Å²) in [6, 6.07) is 0. The molecular weight excluding hydrogens is 198 g/mol. The van der Waals surface area contributed by atoms with Crippen molar-refractivity contribution in [1.29, 1.82) is 0 Å². The Balaban J connectivity index is 1.91. The molecule has 0 radical (unpaired) electrons. The van der Waals surface area contributed by atoms with Crippen LogP contribution in [0.1, 0.15) is 38.2 Å². The maximum absolute atomic E-state index is 4.39. The van der Waals surface area contributed by atoms with Gasteiger partial charge in [0.15, 0.2) is 0 Å². The number of hydrogen-bond donors (Lipinski definition) is 0. The Morgan fingerprint density at radius 2 is 1.88 bits per heavy atom. The zero-order valence-electron chi connectivity index (χ0n) is 10.3. The summed E-state index contributed by atoms with van der Waals surface area (Å²) >= 11 is 0. The van der Waals surface area contributed by atoms with Crippen molar-refractivity contribution in [3.05, 3.63) is 18.0 Å². The number of anilines is 1. The van der Waals surface area contributed by atoms with Crippen LogP contribution in [-0.2, 0) is 0 Å². The van der Waals surface area contributed by atoms with Crippen molar-refractivity contribution in [1.82, 2.24) is 9.97 Å². The number of rotatable bonds is 3. The molecule has 2 rings (SSSR count). The lowest BCUT2D eigenvalue weighted by Gasteiger charge is -2.31. The molecule has 1 aliphatic rings. The van der Waals surface area contributed by atoms with E-state index >= 15 is 0 Å². The minimum absolute atomic E-state index is 0.903. The smallest absolute Gasteiger partial charge is 0.225 e. The van der Waals surface area contributed by atoms with Gasteiger partial charge in [-0.1, -0.05) is 19.8 Å². The largest absolute Gasteiger partial charge is 0.341 e. The van der Waals surface area contributed by atoms with Crippen LogP contribution in [0.25, 0.3) is 0 Å². The number of piperidine rings is 1. The Kier molecular flexibility index (Phi) is 3.75. The molecule has 0 N–H and O–H groups in total.